The summed E-state index contributed by atoms with van der Waals surface area (Å²) in [5.74, 6) is -9.95. The average molecular weight is 940 g/mol. The standard InChI is InChI=1S/C44H77N9O13/c1-21(2)15-27(45)36(57)47-28(16-22(3)4)37(58)48-30(19-34(55)56)39(60)52-35(25(9)10)42(63)46-26(11)43(64)53-14-12-13-33(53)41(62)49-29(17-23(5)6)38(59)51-32(20-54)40(61)50-31(44(65)66)18-24(7)8/h21-33,35,54H,12-20,45H2,1-11H3,(H,46,63)(H,47,57)(H,48,58)(H,49,62)(H,50,61)(H,51,59)(H,52,60)(H,55,56)(H,65,66)/t26-,27-,28-,29-,30-,31-,32-,33-,35-/m0/s1. The summed E-state index contributed by atoms with van der Waals surface area (Å²) in [4.78, 5) is 132. The molecule has 66 heavy (non-hydrogen) atoms. The van der Waals surface area contributed by atoms with E-state index < -0.39 is 133 Å². The number of nitrogens with one attached hydrogen (secondary N) is 7. The first kappa shape index (κ1) is 58.6. The number of aliphatic carboxylic acids is 2. The van der Waals surface area contributed by atoms with E-state index in [-0.39, 0.29) is 55.9 Å². The summed E-state index contributed by atoms with van der Waals surface area (Å²) in [5.41, 5.74) is 6.02. The summed E-state index contributed by atoms with van der Waals surface area (Å²) < 4.78 is 0. The lowest BCUT2D eigenvalue weighted by Crippen LogP contribution is -2.61. The molecule has 12 N–H and O–H groups in total. The molecular weight excluding hydrogens is 863 g/mol. The Morgan fingerprint density at radius 1 is 0.545 bits per heavy atom. The highest BCUT2D eigenvalue weighted by Gasteiger charge is 2.40. The van der Waals surface area contributed by atoms with Gasteiger partial charge in [-0.1, -0.05) is 69.2 Å². The fraction of sp³-hybridized carbons (Fsp3) is 0.773. The normalized spacial score (nSPS) is 17.5. The van der Waals surface area contributed by atoms with Crippen LogP contribution in [0.15, 0.2) is 0 Å². The van der Waals surface area contributed by atoms with Crippen molar-refractivity contribution in [3.8, 4) is 0 Å². The highest BCUT2D eigenvalue weighted by molar-refractivity contribution is 5.99. The van der Waals surface area contributed by atoms with Crippen molar-refractivity contribution in [1.82, 2.24) is 42.1 Å². The van der Waals surface area contributed by atoms with Gasteiger partial charge in [0, 0.05) is 6.54 Å². The number of rotatable bonds is 28. The summed E-state index contributed by atoms with van der Waals surface area (Å²) in [6.07, 6.45) is 0.418. The van der Waals surface area contributed by atoms with Crippen LogP contribution in [-0.2, 0) is 47.9 Å². The van der Waals surface area contributed by atoms with Crippen LogP contribution in [0.25, 0.3) is 0 Å². The lowest BCUT2D eigenvalue weighted by molar-refractivity contribution is -0.143. The molecule has 0 unspecified atom stereocenters. The van der Waals surface area contributed by atoms with Gasteiger partial charge in [-0.15, -0.1) is 0 Å². The van der Waals surface area contributed by atoms with E-state index in [1.807, 2.05) is 13.8 Å². The van der Waals surface area contributed by atoms with Crippen molar-refractivity contribution < 1.29 is 63.3 Å². The van der Waals surface area contributed by atoms with Gasteiger partial charge in [0.2, 0.25) is 47.3 Å². The summed E-state index contributed by atoms with van der Waals surface area (Å²) in [6, 6.07) is -11.4. The van der Waals surface area contributed by atoms with Crippen LogP contribution < -0.4 is 43.0 Å². The van der Waals surface area contributed by atoms with E-state index in [1.165, 1.54) is 11.8 Å². The average Bonchev–Trinajstić information content (AvgIpc) is 3.69. The lowest BCUT2D eigenvalue weighted by Gasteiger charge is -2.31. The molecule has 0 saturated carbocycles. The fourth-order valence-electron chi connectivity index (χ4n) is 7.36. The van der Waals surface area contributed by atoms with Crippen LogP contribution in [0, 0.1) is 29.6 Å². The highest BCUT2D eigenvalue weighted by atomic mass is 16.4. The number of amides is 8. The summed E-state index contributed by atoms with van der Waals surface area (Å²) in [6.45, 7) is 18.3. The molecule has 0 aromatic carbocycles. The number of aliphatic hydroxyl groups excluding tert-OH is 1. The van der Waals surface area contributed by atoms with Crippen LogP contribution in [0.4, 0.5) is 0 Å². The molecule has 1 fully saturated rings. The predicted molar refractivity (Wildman–Crippen MR) is 242 cm³/mol. The molecule has 0 aliphatic carbocycles. The van der Waals surface area contributed by atoms with Gasteiger partial charge in [0.25, 0.3) is 0 Å². The molecule has 0 spiro atoms. The minimum absolute atomic E-state index is 0.0882. The molecule has 9 atom stereocenters. The molecular formula is C44H77N9O13. The zero-order valence-corrected chi connectivity index (χ0v) is 40.4. The number of hydrogen-bond acceptors (Lipinski definition) is 12. The number of nitrogens with two attached hydrogens (primary N) is 1. The molecule has 22 nitrogen and oxygen atoms in total. The summed E-state index contributed by atoms with van der Waals surface area (Å²) in [5, 5.41) is 46.6. The van der Waals surface area contributed by atoms with Gasteiger partial charge >= 0.3 is 11.9 Å². The minimum atomic E-state index is -1.67. The van der Waals surface area contributed by atoms with E-state index >= 15 is 0 Å². The Hall–Kier alpha value is -5.38. The van der Waals surface area contributed by atoms with Crippen molar-refractivity contribution in [3.05, 3.63) is 0 Å². The van der Waals surface area contributed by atoms with Gasteiger partial charge in [-0.2, -0.15) is 0 Å². The van der Waals surface area contributed by atoms with Gasteiger partial charge in [0.05, 0.1) is 19.1 Å². The van der Waals surface area contributed by atoms with Gasteiger partial charge in [-0.25, -0.2) is 4.79 Å². The van der Waals surface area contributed by atoms with E-state index in [1.54, 1.807) is 55.4 Å². The summed E-state index contributed by atoms with van der Waals surface area (Å²) >= 11 is 0. The predicted octanol–water partition coefficient (Wildman–Crippen LogP) is -0.890. The summed E-state index contributed by atoms with van der Waals surface area (Å²) in [7, 11) is 0. The number of likely N-dealkylation sites (tertiary alicyclic amines) is 1. The van der Waals surface area contributed by atoms with E-state index in [0.29, 0.717) is 12.8 Å². The fourth-order valence-corrected chi connectivity index (χ4v) is 7.36. The SMILES string of the molecule is CC(C)C[C@H](NC(=O)[C@H](CO)NC(=O)[C@H](CC(C)C)NC(=O)[C@@H]1CCCN1C(=O)[C@H](C)NC(=O)[C@@H](NC(=O)[C@H](CC(=O)O)NC(=O)[C@H](CC(C)C)NC(=O)[C@@H](N)CC(C)C)C(C)C)C(=O)O. The lowest BCUT2D eigenvalue weighted by atomic mass is 9.99. The first-order valence-electron chi connectivity index (χ1n) is 22.8. The van der Waals surface area contributed by atoms with Gasteiger partial charge in [-0.05, 0) is 75.0 Å². The third-order valence-corrected chi connectivity index (χ3v) is 10.7. The Kier molecular flexibility index (Phi) is 24.8. The third kappa shape index (κ3) is 20.0. The Morgan fingerprint density at radius 2 is 0.985 bits per heavy atom. The van der Waals surface area contributed by atoms with E-state index in [0.717, 1.165) is 0 Å². The van der Waals surface area contributed by atoms with Gasteiger partial charge < -0.3 is 63.2 Å². The number of carbonyl (C=O) groups is 10. The van der Waals surface area contributed by atoms with E-state index in [9.17, 15) is 63.3 Å². The molecule has 8 amide bonds. The van der Waals surface area contributed by atoms with Gasteiger partial charge in [0.15, 0.2) is 0 Å². The Bertz CT molecular complexity index is 1710. The zero-order valence-electron chi connectivity index (χ0n) is 40.4. The van der Waals surface area contributed by atoms with Crippen LogP contribution in [0.5, 0.6) is 0 Å². The first-order valence-corrected chi connectivity index (χ1v) is 22.8. The van der Waals surface area contributed by atoms with Crippen LogP contribution in [0.1, 0.15) is 121 Å². The number of aliphatic hydroxyl groups is 1. The maximum atomic E-state index is 13.8. The molecule has 22 heteroatoms. The van der Waals surface area contributed by atoms with Crippen LogP contribution in [-0.4, -0.2) is 147 Å². The molecule has 0 radical (unpaired) electrons. The topological polar surface area (TPSA) is 345 Å². The van der Waals surface area contributed by atoms with Crippen LogP contribution >= 0.6 is 0 Å². The minimum Gasteiger partial charge on any atom is -0.481 e. The van der Waals surface area contributed by atoms with Crippen molar-refractivity contribution in [2.45, 2.75) is 175 Å². The zero-order chi connectivity index (χ0) is 50.7. The molecule has 0 aromatic rings. The quantitative estimate of drug-likeness (QED) is 0.0454. The highest BCUT2D eigenvalue weighted by Crippen LogP contribution is 2.20. The van der Waals surface area contributed by atoms with Crippen LogP contribution in [0.3, 0.4) is 0 Å². The maximum absolute atomic E-state index is 13.8. The Morgan fingerprint density at radius 3 is 1.45 bits per heavy atom. The molecule has 1 saturated heterocycles. The first-order chi connectivity index (χ1) is 30.6. The van der Waals surface area contributed by atoms with Crippen molar-refractivity contribution in [3.63, 3.8) is 0 Å². The smallest absolute Gasteiger partial charge is 0.326 e. The second-order valence-electron chi connectivity index (χ2n) is 19.2. The number of hydrogen-bond donors (Lipinski definition) is 11. The third-order valence-electron chi connectivity index (χ3n) is 10.7. The van der Waals surface area contributed by atoms with Crippen molar-refractivity contribution in [2.75, 3.05) is 13.2 Å². The van der Waals surface area contributed by atoms with Crippen LogP contribution in [0.2, 0.25) is 0 Å². The van der Waals surface area contributed by atoms with Gasteiger partial charge in [0.1, 0.15) is 48.3 Å². The monoisotopic (exact) mass is 940 g/mol. The number of carboxylic acids is 2. The maximum Gasteiger partial charge on any atom is 0.326 e. The van der Waals surface area contributed by atoms with Crippen molar-refractivity contribution in [1.29, 1.82) is 0 Å². The second-order valence-corrected chi connectivity index (χ2v) is 19.2. The molecule has 0 aromatic heterocycles. The number of nitrogens with zero attached hydrogens (tertiary/aromatic N) is 1. The van der Waals surface area contributed by atoms with Crippen molar-refractivity contribution >= 4 is 59.2 Å². The molecule has 1 heterocycles. The van der Waals surface area contributed by atoms with Gasteiger partial charge in [-0.3, -0.25) is 43.2 Å². The largest absolute Gasteiger partial charge is 0.481 e. The molecule has 1 aliphatic rings. The molecule has 1 rings (SSSR count). The number of carbonyl (C=O) groups excluding carboxylic acids is 8. The molecule has 376 valence electrons. The van der Waals surface area contributed by atoms with E-state index in [2.05, 4.69) is 37.2 Å². The van der Waals surface area contributed by atoms with Crippen molar-refractivity contribution in [2.24, 2.45) is 35.3 Å². The molecule has 0 bridgehead atoms. The molecule has 1 aliphatic heterocycles. The Balaban J connectivity index is 3.16. The Labute approximate surface area is 387 Å². The second kappa shape index (κ2) is 27.9. The number of carboxylic acid groups (broad SMARTS) is 2. The van der Waals surface area contributed by atoms with E-state index in [4.69, 9.17) is 5.73 Å².